The lowest BCUT2D eigenvalue weighted by molar-refractivity contribution is 0.561. The molecule has 0 saturated carbocycles. The number of hydrogen-bond acceptors (Lipinski definition) is 4. The van der Waals surface area contributed by atoms with Gasteiger partial charge in [0.25, 0.3) is 0 Å². The van der Waals surface area contributed by atoms with E-state index >= 15 is 0 Å². The standard InChI is InChI=1S/C12H13FN2O3S/c1-8-4-10(5-11(14)12(8)13)19(16,17)15-6-9-2-3-18-7-9/h2-5,7,15H,6,14H2,1H3. The van der Waals surface area contributed by atoms with Crippen LogP contribution in [0.5, 0.6) is 0 Å². The number of furan rings is 1. The van der Waals surface area contributed by atoms with Crippen molar-refractivity contribution in [3.05, 3.63) is 47.7 Å². The van der Waals surface area contributed by atoms with E-state index in [0.29, 0.717) is 5.56 Å². The summed E-state index contributed by atoms with van der Waals surface area (Å²) >= 11 is 0. The van der Waals surface area contributed by atoms with Crippen molar-refractivity contribution in [3.8, 4) is 0 Å². The average Bonchev–Trinajstić information content (AvgIpc) is 2.86. The number of halogens is 1. The van der Waals surface area contributed by atoms with Crippen LogP contribution >= 0.6 is 0 Å². The highest BCUT2D eigenvalue weighted by Crippen LogP contribution is 2.20. The van der Waals surface area contributed by atoms with Crippen LogP contribution in [-0.2, 0) is 16.6 Å². The van der Waals surface area contributed by atoms with Gasteiger partial charge in [0, 0.05) is 12.1 Å². The van der Waals surface area contributed by atoms with Crippen LogP contribution in [0.15, 0.2) is 40.0 Å². The summed E-state index contributed by atoms with van der Waals surface area (Å²) in [7, 11) is -3.74. The van der Waals surface area contributed by atoms with Gasteiger partial charge in [-0.2, -0.15) is 0 Å². The highest BCUT2D eigenvalue weighted by molar-refractivity contribution is 7.89. The highest BCUT2D eigenvalue weighted by atomic mass is 32.2. The predicted molar refractivity (Wildman–Crippen MR) is 68.3 cm³/mol. The molecule has 1 aromatic carbocycles. The molecule has 0 aliphatic rings. The van der Waals surface area contributed by atoms with Crippen molar-refractivity contribution in [1.29, 1.82) is 0 Å². The number of rotatable bonds is 4. The van der Waals surface area contributed by atoms with Crippen molar-refractivity contribution < 1.29 is 17.2 Å². The molecular weight excluding hydrogens is 271 g/mol. The van der Waals surface area contributed by atoms with Crippen LogP contribution in [0.1, 0.15) is 11.1 Å². The summed E-state index contributed by atoms with van der Waals surface area (Å²) < 4.78 is 44.6. The van der Waals surface area contributed by atoms with Gasteiger partial charge in [-0.3, -0.25) is 0 Å². The molecule has 0 amide bonds. The van der Waals surface area contributed by atoms with E-state index in [1.165, 1.54) is 25.5 Å². The van der Waals surface area contributed by atoms with Crippen molar-refractivity contribution in [2.75, 3.05) is 5.73 Å². The second-order valence-corrected chi connectivity index (χ2v) is 5.87. The number of aryl methyl sites for hydroxylation is 1. The zero-order valence-corrected chi connectivity index (χ0v) is 11.0. The van der Waals surface area contributed by atoms with Crippen molar-refractivity contribution in [2.24, 2.45) is 0 Å². The van der Waals surface area contributed by atoms with E-state index in [4.69, 9.17) is 10.2 Å². The fourth-order valence-electron chi connectivity index (χ4n) is 1.57. The molecule has 0 aliphatic carbocycles. The molecule has 0 radical (unpaired) electrons. The van der Waals surface area contributed by atoms with Gasteiger partial charge in [-0.1, -0.05) is 0 Å². The van der Waals surface area contributed by atoms with Crippen molar-refractivity contribution in [1.82, 2.24) is 4.72 Å². The molecule has 0 atom stereocenters. The minimum absolute atomic E-state index is 0.0626. The maximum Gasteiger partial charge on any atom is 0.240 e. The van der Waals surface area contributed by atoms with E-state index in [2.05, 4.69) is 4.72 Å². The Kier molecular flexibility index (Phi) is 3.59. The quantitative estimate of drug-likeness (QED) is 0.838. The zero-order valence-electron chi connectivity index (χ0n) is 10.2. The van der Waals surface area contributed by atoms with Gasteiger partial charge in [0.2, 0.25) is 10.0 Å². The number of sulfonamides is 1. The molecule has 1 aromatic heterocycles. The Morgan fingerprint density at radius 1 is 1.42 bits per heavy atom. The molecule has 0 fully saturated rings. The molecule has 102 valence electrons. The monoisotopic (exact) mass is 284 g/mol. The van der Waals surface area contributed by atoms with Crippen LogP contribution < -0.4 is 10.5 Å². The fraction of sp³-hybridized carbons (Fsp3) is 0.167. The minimum atomic E-state index is -3.74. The number of benzene rings is 1. The lowest BCUT2D eigenvalue weighted by atomic mass is 10.2. The topological polar surface area (TPSA) is 85.3 Å². The Hall–Kier alpha value is -1.86. The largest absolute Gasteiger partial charge is 0.472 e. The van der Waals surface area contributed by atoms with E-state index in [9.17, 15) is 12.8 Å². The van der Waals surface area contributed by atoms with Crippen LogP contribution in [0.4, 0.5) is 10.1 Å². The van der Waals surface area contributed by atoms with Crippen molar-refractivity contribution in [2.45, 2.75) is 18.4 Å². The molecule has 5 nitrogen and oxygen atoms in total. The maximum absolute atomic E-state index is 13.4. The Morgan fingerprint density at radius 2 is 2.16 bits per heavy atom. The molecule has 0 aliphatic heterocycles. The summed E-state index contributed by atoms with van der Waals surface area (Å²) in [4.78, 5) is -0.0626. The van der Waals surface area contributed by atoms with Crippen LogP contribution in [-0.4, -0.2) is 8.42 Å². The average molecular weight is 284 g/mol. The third-order valence-corrected chi connectivity index (χ3v) is 3.99. The third-order valence-electron chi connectivity index (χ3n) is 2.61. The van der Waals surface area contributed by atoms with Gasteiger partial charge >= 0.3 is 0 Å². The Balaban J connectivity index is 2.24. The van der Waals surface area contributed by atoms with E-state index in [0.717, 1.165) is 6.07 Å². The first-order valence-electron chi connectivity index (χ1n) is 5.46. The number of anilines is 1. The molecule has 19 heavy (non-hydrogen) atoms. The molecule has 0 bridgehead atoms. The second-order valence-electron chi connectivity index (χ2n) is 4.10. The van der Waals surface area contributed by atoms with E-state index in [-0.39, 0.29) is 22.7 Å². The highest BCUT2D eigenvalue weighted by Gasteiger charge is 2.17. The van der Waals surface area contributed by atoms with Crippen molar-refractivity contribution in [3.63, 3.8) is 0 Å². The van der Waals surface area contributed by atoms with Gasteiger partial charge in [-0.25, -0.2) is 17.5 Å². The molecule has 0 spiro atoms. The zero-order chi connectivity index (χ0) is 14.0. The first-order chi connectivity index (χ1) is 8.90. The van der Waals surface area contributed by atoms with Crippen LogP contribution in [0.25, 0.3) is 0 Å². The Morgan fingerprint density at radius 3 is 2.74 bits per heavy atom. The van der Waals surface area contributed by atoms with E-state index < -0.39 is 15.8 Å². The number of nitrogens with one attached hydrogen (secondary N) is 1. The van der Waals surface area contributed by atoms with Crippen molar-refractivity contribution >= 4 is 15.7 Å². The fourth-order valence-corrected chi connectivity index (χ4v) is 2.71. The van der Waals surface area contributed by atoms with Crippen LogP contribution in [0, 0.1) is 12.7 Å². The van der Waals surface area contributed by atoms with Crippen LogP contribution in [0.3, 0.4) is 0 Å². The summed E-state index contributed by atoms with van der Waals surface area (Å²) in [5, 5.41) is 0. The third kappa shape index (κ3) is 2.94. The normalized spacial score (nSPS) is 11.7. The Bertz CT molecular complexity index is 658. The van der Waals surface area contributed by atoms with Gasteiger partial charge in [-0.05, 0) is 30.7 Å². The summed E-state index contributed by atoms with van der Waals surface area (Å²) in [5.41, 5.74) is 6.11. The number of nitrogens with two attached hydrogens (primary N) is 1. The molecule has 3 N–H and O–H groups in total. The lowest BCUT2D eigenvalue weighted by Gasteiger charge is -2.08. The molecule has 1 heterocycles. The van der Waals surface area contributed by atoms with Gasteiger partial charge in [-0.15, -0.1) is 0 Å². The summed E-state index contributed by atoms with van der Waals surface area (Å²) in [6.07, 6.45) is 2.89. The van der Waals surface area contributed by atoms with E-state index in [1.807, 2.05) is 0 Å². The second kappa shape index (κ2) is 5.02. The Labute approximate surface area is 110 Å². The van der Waals surface area contributed by atoms with Gasteiger partial charge in [0.15, 0.2) is 0 Å². The summed E-state index contributed by atoms with van der Waals surface area (Å²) in [5.74, 6) is -0.603. The maximum atomic E-state index is 13.4. The van der Waals surface area contributed by atoms with Gasteiger partial charge in [0.1, 0.15) is 5.82 Å². The number of hydrogen-bond donors (Lipinski definition) is 2. The van der Waals surface area contributed by atoms with Crippen LogP contribution in [0.2, 0.25) is 0 Å². The summed E-state index contributed by atoms with van der Waals surface area (Å²) in [6, 6.07) is 3.98. The molecule has 0 unspecified atom stereocenters. The lowest BCUT2D eigenvalue weighted by Crippen LogP contribution is -2.23. The van der Waals surface area contributed by atoms with Gasteiger partial charge < -0.3 is 10.2 Å². The van der Waals surface area contributed by atoms with Gasteiger partial charge in [0.05, 0.1) is 23.1 Å². The molecule has 2 rings (SSSR count). The van der Waals surface area contributed by atoms with E-state index in [1.54, 1.807) is 6.07 Å². The number of nitrogen functional groups attached to an aromatic ring is 1. The first-order valence-corrected chi connectivity index (χ1v) is 6.95. The minimum Gasteiger partial charge on any atom is -0.472 e. The molecule has 0 saturated heterocycles. The predicted octanol–water partition coefficient (Wildman–Crippen LogP) is 1.79. The molecular formula is C12H13FN2O3S. The SMILES string of the molecule is Cc1cc(S(=O)(=O)NCc2ccoc2)cc(N)c1F. The first kappa shape index (κ1) is 13.6. The molecule has 2 aromatic rings. The summed E-state index contributed by atoms with van der Waals surface area (Å²) in [6.45, 7) is 1.55. The smallest absolute Gasteiger partial charge is 0.240 e. The molecule has 7 heteroatoms.